The lowest BCUT2D eigenvalue weighted by molar-refractivity contribution is 0.503. The highest BCUT2D eigenvalue weighted by Crippen LogP contribution is 2.24. The van der Waals surface area contributed by atoms with Crippen molar-refractivity contribution >= 4 is 30.5 Å². The Balaban J connectivity index is 0.000000134. The van der Waals surface area contributed by atoms with Gasteiger partial charge in [-0.05, 0) is 64.7 Å². The highest BCUT2D eigenvalue weighted by atomic mass is 19.2. The Morgan fingerprint density at radius 3 is 1.54 bits per heavy atom. The van der Waals surface area contributed by atoms with Crippen LogP contribution in [0.25, 0.3) is 4.85 Å². The summed E-state index contributed by atoms with van der Waals surface area (Å²) in [6, 6.07) is 24.8. The first kappa shape index (κ1) is 36.7. The summed E-state index contributed by atoms with van der Waals surface area (Å²) in [5, 5.41) is 24.1. The molecular formula is C38H34F4N10. The van der Waals surface area contributed by atoms with Gasteiger partial charge in [-0.3, -0.25) is 0 Å². The van der Waals surface area contributed by atoms with Crippen LogP contribution in [0.2, 0.25) is 0 Å². The van der Waals surface area contributed by atoms with Crippen LogP contribution < -0.4 is 21.7 Å². The summed E-state index contributed by atoms with van der Waals surface area (Å²) in [6.07, 6.45) is 10.3. The Kier molecular flexibility index (Phi) is 13.0. The maximum atomic E-state index is 13.0. The zero-order valence-corrected chi connectivity index (χ0v) is 27.7. The summed E-state index contributed by atoms with van der Waals surface area (Å²) in [4.78, 5) is 3.34. The Morgan fingerprint density at radius 2 is 1.06 bits per heavy atom. The highest BCUT2D eigenvalue weighted by molar-refractivity contribution is 5.62. The molecule has 4 aromatic carbocycles. The van der Waals surface area contributed by atoms with E-state index in [0.717, 1.165) is 42.0 Å². The van der Waals surface area contributed by atoms with E-state index in [1.165, 1.54) is 35.9 Å². The topological polar surface area (TPSA) is 126 Å². The van der Waals surface area contributed by atoms with E-state index in [2.05, 4.69) is 47.0 Å². The van der Waals surface area contributed by atoms with Gasteiger partial charge in [-0.2, -0.15) is 25.7 Å². The van der Waals surface area contributed by atoms with Crippen LogP contribution in [0, 0.1) is 41.2 Å². The lowest BCUT2D eigenvalue weighted by Crippen LogP contribution is -2.10. The molecule has 4 aliphatic heterocycles. The number of nitrogens with one attached hydrogen (secondary N) is 4. The van der Waals surface area contributed by atoms with Crippen LogP contribution in [0.5, 0.6) is 0 Å². The molecule has 14 heteroatoms. The van der Waals surface area contributed by atoms with E-state index in [1.807, 2.05) is 42.6 Å². The van der Waals surface area contributed by atoms with Gasteiger partial charge in [-0.1, -0.05) is 42.5 Å². The molecule has 4 unspecified atom stereocenters. The van der Waals surface area contributed by atoms with Gasteiger partial charge < -0.3 is 21.7 Å². The average molecular weight is 707 g/mol. The maximum absolute atomic E-state index is 13.0. The monoisotopic (exact) mass is 706 g/mol. The summed E-state index contributed by atoms with van der Waals surface area (Å²) in [7, 11) is 0. The van der Waals surface area contributed by atoms with Gasteiger partial charge in [0.25, 0.3) is 0 Å². The molecule has 52 heavy (non-hydrogen) atoms. The van der Waals surface area contributed by atoms with Crippen molar-refractivity contribution in [3.63, 3.8) is 0 Å². The number of halogens is 4. The Bertz CT molecular complexity index is 1990. The summed E-state index contributed by atoms with van der Waals surface area (Å²) in [5.41, 5.74) is 16.2. The smallest absolute Gasteiger partial charge is 0.187 e. The maximum Gasteiger partial charge on any atom is 0.187 e. The van der Waals surface area contributed by atoms with E-state index in [4.69, 9.17) is 11.8 Å². The molecule has 4 atom stereocenters. The second-order valence-electron chi connectivity index (χ2n) is 11.7. The van der Waals surface area contributed by atoms with Crippen molar-refractivity contribution < 1.29 is 17.6 Å². The standard InChI is InChI=1S/C10H8FN3.C10H9N3.C9H8F2N2.C9H9FN2/c11-9-4-7(6-12)3-8(5-9)10-1-2-13-14-10;1-11-9-4-2-8(3-5-9)10-6-7-12-13-10;10-7-2-1-6(5-8(7)11)9-3-4-12-13-9;10-8-3-1-2-7(6-8)9-4-5-11-12-9/h2-5,10,14H,1H2;2-5,7,10,13H,6H2;1-2,4-5,9,13H,3H2;1-3,5-6,9,12H,4H2. The van der Waals surface area contributed by atoms with Gasteiger partial charge in [0.2, 0.25) is 0 Å². The number of nitriles is 1. The van der Waals surface area contributed by atoms with Crippen LogP contribution in [0.15, 0.2) is 105 Å². The molecule has 0 fully saturated rings. The first-order valence-corrected chi connectivity index (χ1v) is 16.3. The zero-order chi connectivity index (χ0) is 36.7. The lowest BCUT2D eigenvalue weighted by atomic mass is 10.0. The first-order valence-electron chi connectivity index (χ1n) is 16.3. The third-order valence-corrected chi connectivity index (χ3v) is 8.12. The fraction of sp³-hybridized carbons (Fsp3) is 0.211. The molecule has 0 saturated heterocycles. The quantitative estimate of drug-likeness (QED) is 0.127. The van der Waals surface area contributed by atoms with E-state index in [-0.39, 0.29) is 29.8 Å². The fourth-order valence-corrected chi connectivity index (χ4v) is 5.37. The minimum atomic E-state index is -0.817. The molecule has 8 rings (SSSR count). The minimum absolute atomic E-state index is 0.00204. The van der Waals surface area contributed by atoms with Crippen LogP contribution in [0.4, 0.5) is 23.2 Å². The highest BCUT2D eigenvalue weighted by Gasteiger charge is 2.16. The molecule has 4 aromatic rings. The fourth-order valence-electron chi connectivity index (χ4n) is 5.37. The number of rotatable bonds is 4. The van der Waals surface area contributed by atoms with Crippen molar-refractivity contribution in [1.29, 1.82) is 5.26 Å². The van der Waals surface area contributed by atoms with Gasteiger partial charge in [-0.25, -0.2) is 22.4 Å². The third-order valence-electron chi connectivity index (χ3n) is 8.12. The Morgan fingerprint density at radius 1 is 0.558 bits per heavy atom. The molecule has 0 radical (unpaired) electrons. The van der Waals surface area contributed by atoms with Gasteiger partial charge in [0.1, 0.15) is 11.6 Å². The zero-order valence-electron chi connectivity index (χ0n) is 27.7. The van der Waals surface area contributed by atoms with Gasteiger partial charge >= 0.3 is 0 Å². The molecule has 4 heterocycles. The summed E-state index contributed by atoms with van der Waals surface area (Å²) < 4.78 is 51.1. The van der Waals surface area contributed by atoms with Gasteiger partial charge in [0.15, 0.2) is 17.3 Å². The van der Waals surface area contributed by atoms with Crippen molar-refractivity contribution in [3.05, 3.63) is 147 Å². The van der Waals surface area contributed by atoms with E-state index in [9.17, 15) is 17.6 Å². The summed E-state index contributed by atoms with van der Waals surface area (Å²) in [6.45, 7) is 6.81. The van der Waals surface area contributed by atoms with Crippen LogP contribution in [0.3, 0.4) is 0 Å². The van der Waals surface area contributed by atoms with Crippen LogP contribution in [-0.4, -0.2) is 24.9 Å². The molecule has 0 bridgehead atoms. The van der Waals surface area contributed by atoms with E-state index in [1.54, 1.807) is 36.8 Å². The van der Waals surface area contributed by atoms with E-state index < -0.39 is 11.6 Å². The molecule has 0 spiro atoms. The predicted octanol–water partition coefficient (Wildman–Crippen LogP) is 7.81. The van der Waals surface area contributed by atoms with Crippen LogP contribution in [0.1, 0.15) is 77.7 Å². The second-order valence-corrected chi connectivity index (χ2v) is 11.7. The van der Waals surface area contributed by atoms with Crippen molar-refractivity contribution in [3.8, 4) is 6.07 Å². The van der Waals surface area contributed by atoms with Gasteiger partial charge in [0.05, 0.1) is 42.4 Å². The molecule has 0 amide bonds. The van der Waals surface area contributed by atoms with Gasteiger partial charge in [0, 0.05) is 50.5 Å². The molecule has 0 aromatic heterocycles. The Hall–Kier alpha value is -6.54. The lowest BCUT2D eigenvalue weighted by Gasteiger charge is -2.09. The molecule has 4 N–H and O–H groups in total. The molecular weight excluding hydrogens is 672 g/mol. The molecule has 10 nitrogen and oxygen atoms in total. The molecule has 4 aliphatic rings. The van der Waals surface area contributed by atoms with E-state index in [0.29, 0.717) is 23.7 Å². The number of hydrazone groups is 4. The third kappa shape index (κ3) is 10.5. The van der Waals surface area contributed by atoms with Crippen molar-refractivity contribution in [2.45, 2.75) is 49.9 Å². The average Bonchev–Trinajstić information content (AvgIpc) is 4.02. The van der Waals surface area contributed by atoms with E-state index >= 15 is 0 Å². The number of hydrogen-bond donors (Lipinski definition) is 4. The SMILES string of the molecule is Fc1ccc(C2CC=NN2)cc1F.Fc1cccc(C2CC=NN2)c1.N#Cc1cc(F)cc(C2CC=NN2)c1.[C-]#[N+]c1ccc(C2CC=NN2)cc1. The number of nitrogens with zero attached hydrogens (tertiary/aromatic N) is 6. The molecule has 0 aliphatic carbocycles. The van der Waals surface area contributed by atoms with Crippen molar-refractivity contribution in [2.75, 3.05) is 0 Å². The van der Waals surface area contributed by atoms with Gasteiger partial charge in [-0.15, -0.1) is 0 Å². The summed E-state index contributed by atoms with van der Waals surface area (Å²) >= 11 is 0. The summed E-state index contributed by atoms with van der Waals surface area (Å²) in [5.74, 6) is -2.21. The van der Waals surface area contributed by atoms with Crippen molar-refractivity contribution in [2.24, 2.45) is 20.4 Å². The Labute approximate surface area is 298 Å². The predicted molar refractivity (Wildman–Crippen MR) is 193 cm³/mol. The second kappa shape index (κ2) is 18.5. The normalized spacial score (nSPS) is 19.9. The van der Waals surface area contributed by atoms with Crippen LogP contribution in [-0.2, 0) is 0 Å². The number of benzene rings is 4. The van der Waals surface area contributed by atoms with Crippen molar-refractivity contribution in [1.82, 2.24) is 21.7 Å². The minimum Gasteiger partial charge on any atom is -0.303 e. The first-order chi connectivity index (χ1) is 25.3. The largest absolute Gasteiger partial charge is 0.303 e. The number of hydrogen-bond acceptors (Lipinski definition) is 9. The van der Waals surface area contributed by atoms with Crippen LogP contribution >= 0.6 is 0 Å². The molecule has 264 valence electrons. The molecule has 0 saturated carbocycles.